The Bertz CT molecular complexity index is 515. The van der Waals surface area contributed by atoms with Crippen molar-refractivity contribution < 1.29 is 0 Å². The first-order valence-electron chi connectivity index (χ1n) is 5.35. The normalized spacial score (nSPS) is 10.8. The van der Waals surface area contributed by atoms with Crippen molar-refractivity contribution >= 4 is 12.6 Å². The molecule has 0 aliphatic carbocycles. The number of aryl methyl sites for hydroxylation is 2. The molecule has 0 N–H and O–H groups in total. The highest BCUT2D eigenvalue weighted by molar-refractivity contribution is 7.79. The van der Waals surface area contributed by atoms with Crippen molar-refractivity contribution in [3.05, 3.63) is 46.8 Å². The van der Waals surface area contributed by atoms with E-state index in [1.807, 2.05) is 10.9 Å². The fourth-order valence-corrected chi connectivity index (χ4v) is 2.20. The van der Waals surface area contributed by atoms with Crippen molar-refractivity contribution in [2.45, 2.75) is 26.5 Å². The van der Waals surface area contributed by atoms with Crippen LogP contribution in [0.25, 0.3) is 5.69 Å². The lowest BCUT2D eigenvalue weighted by atomic mass is 10.1. The standard InChI is InChI=1S/C13H16N2S/c1-9-4-5-13(10(2)6-9)15-11(3)12(8-16)7-14-15/h4-7,16H,8H2,1-3H3. The van der Waals surface area contributed by atoms with Gasteiger partial charge in [0.15, 0.2) is 0 Å². The van der Waals surface area contributed by atoms with Gasteiger partial charge in [-0.05, 0) is 32.4 Å². The van der Waals surface area contributed by atoms with E-state index in [9.17, 15) is 0 Å². The first-order chi connectivity index (χ1) is 7.63. The zero-order chi connectivity index (χ0) is 11.7. The maximum absolute atomic E-state index is 4.42. The highest BCUT2D eigenvalue weighted by Crippen LogP contribution is 2.19. The second-order valence-electron chi connectivity index (χ2n) is 4.12. The summed E-state index contributed by atoms with van der Waals surface area (Å²) in [5.41, 5.74) is 6.03. The monoisotopic (exact) mass is 232 g/mol. The molecular weight excluding hydrogens is 216 g/mol. The summed E-state index contributed by atoms with van der Waals surface area (Å²) >= 11 is 4.29. The van der Waals surface area contributed by atoms with E-state index in [1.54, 1.807) is 0 Å². The second-order valence-corrected chi connectivity index (χ2v) is 4.43. The molecule has 0 unspecified atom stereocenters. The Kier molecular flexibility index (Phi) is 3.06. The van der Waals surface area contributed by atoms with E-state index in [-0.39, 0.29) is 0 Å². The number of benzene rings is 1. The largest absolute Gasteiger partial charge is 0.238 e. The number of thiol groups is 1. The minimum Gasteiger partial charge on any atom is -0.238 e. The molecule has 0 radical (unpaired) electrons. The van der Waals surface area contributed by atoms with E-state index in [0.717, 1.165) is 11.4 Å². The molecule has 84 valence electrons. The first-order valence-corrected chi connectivity index (χ1v) is 5.98. The quantitative estimate of drug-likeness (QED) is 0.787. The van der Waals surface area contributed by atoms with Crippen molar-refractivity contribution in [3.8, 4) is 5.69 Å². The van der Waals surface area contributed by atoms with E-state index in [0.29, 0.717) is 0 Å². The van der Waals surface area contributed by atoms with Gasteiger partial charge in [0, 0.05) is 17.0 Å². The van der Waals surface area contributed by atoms with Crippen molar-refractivity contribution in [2.24, 2.45) is 0 Å². The van der Waals surface area contributed by atoms with Crippen LogP contribution >= 0.6 is 12.6 Å². The summed E-state index contributed by atoms with van der Waals surface area (Å²) in [4.78, 5) is 0. The molecule has 1 aromatic carbocycles. The van der Waals surface area contributed by atoms with Gasteiger partial charge in [-0.2, -0.15) is 17.7 Å². The van der Waals surface area contributed by atoms with Crippen LogP contribution in [-0.4, -0.2) is 9.78 Å². The van der Waals surface area contributed by atoms with E-state index in [4.69, 9.17) is 0 Å². The molecule has 0 saturated heterocycles. The van der Waals surface area contributed by atoms with Crippen LogP contribution in [0.1, 0.15) is 22.4 Å². The van der Waals surface area contributed by atoms with Gasteiger partial charge in [-0.25, -0.2) is 4.68 Å². The van der Waals surface area contributed by atoms with Crippen molar-refractivity contribution in [2.75, 3.05) is 0 Å². The number of rotatable bonds is 2. The Labute approximate surface area is 102 Å². The molecule has 0 aliphatic heterocycles. The summed E-state index contributed by atoms with van der Waals surface area (Å²) in [6.07, 6.45) is 1.89. The average Bonchev–Trinajstić information content (AvgIpc) is 2.60. The molecule has 1 heterocycles. The van der Waals surface area contributed by atoms with Crippen molar-refractivity contribution in [1.82, 2.24) is 9.78 Å². The molecule has 0 bridgehead atoms. The van der Waals surface area contributed by atoms with Crippen LogP contribution in [0.3, 0.4) is 0 Å². The van der Waals surface area contributed by atoms with Crippen LogP contribution in [0, 0.1) is 20.8 Å². The fraction of sp³-hybridized carbons (Fsp3) is 0.308. The Morgan fingerprint density at radius 1 is 1.25 bits per heavy atom. The van der Waals surface area contributed by atoms with E-state index >= 15 is 0 Å². The lowest BCUT2D eigenvalue weighted by molar-refractivity contribution is 0.838. The van der Waals surface area contributed by atoms with Gasteiger partial charge in [0.05, 0.1) is 11.9 Å². The Hall–Kier alpha value is -1.22. The van der Waals surface area contributed by atoms with Crippen molar-refractivity contribution in [3.63, 3.8) is 0 Å². The van der Waals surface area contributed by atoms with Crippen LogP contribution in [-0.2, 0) is 5.75 Å². The predicted octanol–water partition coefficient (Wildman–Crippen LogP) is 3.23. The summed E-state index contributed by atoms with van der Waals surface area (Å²) in [5, 5.41) is 4.42. The third-order valence-corrected chi connectivity index (χ3v) is 3.20. The molecule has 0 fully saturated rings. The van der Waals surface area contributed by atoms with Gasteiger partial charge < -0.3 is 0 Å². The fourth-order valence-electron chi connectivity index (χ4n) is 1.88. The van der Waals surface area contributed by atoms with Gasteiger partial charge in [-0.3, -0.25) is 0 Å². The number of aromatic nitrogens is 2. The van der Waals surface area contributed by atoms with Gasteiger partial charge in [-0.1, -0.05) is 17.7 Å². The lowest BCUT2D eigenvalue weighted by Crippen LogP contribution is -2.01. The van der Waals surface area contributed by atoms with Crippen LogP contribution in [0.5, 0.6) is 0 Å². The summed E-state index contributed by atoms with van der Waals surface area (Å²) in [5.74, 6) is 0.733. The zero-order valence-corrected chi connectivity index (χ0v) is 10.8. The Morgan fingerprint density at radius 2 is 2.00 bits per heavy atom. The second kappa shape index (κ2) is 4.34. The molecule has 0 saturated carbocycles. The molecule has 0 aliphatic rings. The van der Waals surface area contributed by atoms with Gasteiger partial charge in [0.25, 0.3) is 0 Å². The summed E-state index contributed by atoms with van der Waals surface area (Å²) in [6.45, 7) is 6.30. The van der Waals surface area contributed by atoms with Crippen LogP contribution < -0.4 is 0 Å². The van der Waals surface area contributed by atoms with Crippen LogP contribution in [0.2, 0.25) is 0 Å². The van der Waals surface area contributed by atoms with E-state index < -0.39 is 0 Å². The van der Waals surface area contributed by atoms with Crippen LogP contribution in [0.4, 0.5) is 0 Å². The smallest absolute Gasteiger partial charge is 0.0678 e. The predicted molar refractivity (Wildman–Crippen MR) is 70.5 cm³/mol. The van der Waals surface area contributed by atoms with Gasteiger partial charge in [0.2, 0.25) is 0 Å². The molecule has 2 nitrogen and oxygen atoms in total. The molecule has 16 heavy (non-hydrogen) atoms. The highest BCUT2D eigenvalue weighted by atomic mass is 32.1. The topological polar surface area (TPSA) is 17.8 Å². The molecule has 0 atom stereocenters. The maximum atomic E-state index is 4.42. The van der Waals surface area contributed by atoms with Crippen LogP contribution in [0.15, 0.2) is 24.4 Å². The third kappa shape index (κ3) is 1.87. The SMILES string of the molecule is Cc1ccc(-n2ncc(CS)c2C)c(C)c1. The lowest BCUT2D eigenvalue weighted by Gasteiger charge is -2.09. The molecule has 0 amide bonds. The third-order valence-electron chi connectivity index (χ3n) is 2.86. The van der Waals surface area contributed by atoms with Crippen molar-refractivity contribution in [1.29, 1.82) is 0 Å². The molecule has 3 heteroatoms. The molecule has 0 spiro atoms. The van der Waals surface area contributed by atoms with E-state index in [2.05, 4.69) is 56.7 Å². The molecular formula is C13H16N2S. The van der Waals surface area contributed by atoms with Gasteiger partial charge in [-0.15, -0.1) is 0 Å². The Morgan fingerprint density at radius 3 is 2.56 bits per heavy atom. The van der Waals surface area contributed by atoms with Gasteiger partial charge in [0.1, 0.15) is 0 Å². The highest BCUT2D eigenvalue weighted by Gasteiger charge is 2.08. The number of hydrogen-bond donors (Lipinski definition) is 1. The Balaban J connectivity index is 2.54. The number of hydrogen-bond acceptors (Lipinski definition) is 2. The molecule has 1 aromatic heterocycles. The zero-order valence-electron chi connectivity index (χ0n) is 9.86. The average molecular weight is 232 g/mol. The summed E-state index contributed by atoms with van der Waals surface area (Å²) in [6, 6.07) is 6.41. The van der Waals surface area contributed by atoms with E-state index in [1.165, 1.54) is 22.4 Å². The first kappa shape index (κ1) is 11.3. The number of nitrogens with zero attached hydrogens (tertiary/aromatic N) is 2. The maximum Gasteiger partial charge on any atom is 0.0678 e. The summed E-state index contributed by atoms with van der Waals surface area (Å²) in [7, 11) is 0. The minimum absolute atomic E-state index is 0.733. The molecule has 2 aromatic rings. The summed E-state index contributed by atoms with van der Waals surface area (Å²) < 4.78 is 1.99. The van der Waals surface area contributed by atoms with Gasteiger partial charge >= 0.3 is 0 Å². The minimum atomic E-state index is 0.733. The molecule has 2 rings (SSSR count).